The number of thiazole rings is 1. The Morgan fingerprint density at radius 2 is 1.83 bits per heavy atom. The van der Waals surface area contributed by atoms with Crippen LogP contribution in [0.2, 0.25) is 0 Å². The minimum absolute atomic E-state index is 0.0767. The second-order valence-electron chi connectivity index (χ2n) is 7.43. The van der Waals surface area contributed by atoms with E-state index < -0.39 is 6.03 Å². The normalized spacial score (nSPS) is 11.1. The van der Waals surface area contributed by atoms with Gasteiger partial charge < -0.3 is 15.1 Å². The molecule has 0 fully saturated rings. The van der Waals surface area contributed by atoms with Gasteiger partial charge in [0, 0.05) is 33.4 Å². The summed E-state index contributed by atoms with van der Waals surface area (Å²) in [6.07, 6.45) is 1.74. The summed E-state index contributed by atoms with van der Waals surface area (Å²) in [4.78, 5) is 43.6. The van der Waals surface area contributed by atoms with Crippen LogP contribution in [0.4, 0.5) is 9.93 Å². The molecule has 2 aromatic heterocycles. The van der Waals surface area contributed by atoms with Crippen LogP contribution in [0.25, 0.3) is 10.6 Å². The summed E-state index contributed by atoms with van der Waals surface area (Å²) in [7, 11) is 9.40. The summed E-state index contributed by atoms with van der Waals surface area (Å²) in [5.41, 5.74) is 1.54. The molecule has 0 atom stereocenters. The SMILES string of the molecule is Cc1nc(NC(=O)NCC(=O)N(C)C)sc1-c1ccnc(CN(C)CCN(C)C)n1. The molecular weight excluding hydrogens is 404 g/mol. The van der Waals surface area contributed by atoms with Crippen molar-refractivity contribution in [2.45, 2.75) is 13.5 Å². The van der Waals surface area contributed by atoms with Crippen molar-refractivity contribution >= 4 is 28.4 Å². The van der Waals surface area contributed by atoms with E-state index in [2.05, 4.69) is 35.4 Å². The van der Waals surface area contributed by atoms with Gasteiger partial charge in [-0.15, -0.1) is 0 Å². The van der Waals surface area contributed by atoms with Gasteiger partial charge in [-0.25, -0.2) is 19.7 Å². The number of urea groups is 1. The second-order valence-corrected chi connectivity index (χ2v) is 8.43. The van der Waals surface area contributed by atoms with Gasteiger partial charge in [0.1, 0.15) is 5.82 Å². The van der Waals surface area contributed by atoms with E-state index >= 15 is 0 Å². The highest BCUT2D eigenvalue weighted by Gasteiger charge is 2.15. The first-order chi connectivity index (χ1) is 14.2. The summed E-state index contributed by atoms with van der Waals surface area (Å²) in [6, 6.07) is 1.36. The monoisotopic (exact) mass is 434 g/mol. The lowest BCUT2D eigenvalue weighted by Crippen LogP contribution is -2.38. The number of hydrogen-bond acceptors (Lipinski definition) is 8. The minimum Gasteiger partial charge on any atom is -0.347 e. The van der Waals surface area contributed by atoms with Gasteiger partial charge in [-0.2, -0.15) is 0 Å². The van der Waals surface area contributed by atoms with Crippen molar-refractivity contribution in [2.75, 3.05) is 60.2 Å². The first-order valence-corrected chi connectivity index (χ1v) is 10.4. The predicted molar refractivity (Wildman–Crippen MR) is 118 cm³/mol. The number of aromatic nitrogens is 3. The summed E-state index contributed by atoms with van der Waals surface area (Å²) < 4.78 is 0. The zero-order chi connectivity index (χ0) is 22.3. The molecule has 0 saturated carbocycles. The van der Waals surface area contributed by atoms with Gasteiger partial charge in [-0.1, -0.05) is 11.3 Å². The van der Waals surface area contributed by atoms with Gasteiger partial charge >= 0.3 is 6.03 Å². The lowest BCUT2D eigenvalue weighted by molar-refractivity contribution is -0.127. The maximum Gasteiger partial charge on any atom is 0.321 e. The summed E-state index contributed by atoms with van der Waals surface area (Å²) in [5.74, 6) is 0.543. The van der Waals surface area contributed by atoms with E-state index in [-0.39, 0.29) is 12.5 Å². The summed E-state index contributed by atoms with van der Waals surface area (Å²) >= 11 is 1.33. The molecule has 0 aliphatic carbocycles. The van der Waals surface area contributed by atoms with Crippen LogP contribution in [-0.4, -0.2) is 96.5 Å². The van der Waals surface area contributed by atoms with Gasteiger partial charge in [0.25, 0.3) is 0 Å². The highest BCUT2D eigenvalue weighted by Crippen LogP contribution is 2.31. The van der Waals surface area contributed by atoms with Gasteiger partial charge in [0.05, 0.1) is 29.4 Å². The Bertz CT molecular complexity index is 868. The predicted octanol–water partition coefficient (Wildman–Crippen LogP) is 1.11. The Hall–Kier alpha value is -2.63. The Morgan fingerprint density at radius 1 is 1.10 bits per heavy atom. The molecule has 30 heavy (non-hydrogen) atoms. The van der Waals surface area contributed by atoms with E-state index in [0.29, 0.717) is 11.7 Å². The first kappa shape index (κ1) is 23.6. The first-order valence-electron chi connectivity index (χ1n) is 9.53. The molecule has 2 aromatic rings. The third-order valence-corrected chi connectivity index (χ3v) is 5.29. The smallest absolute Gasteiger partial charge is 0.321 e. The van der Waals surface area contributed by atoms with Crippen LogP contribution < -0.4 is 10.6 Å². The molecule has 2 rings (SSSR count). The van der Waals surface area contributed by atoms with Crippen molar-refractivity contribution < 1.29 is 9.59 Å². The van der Waals surface area contributed by atoms with Crippen LogP contribution in [0.5, 0.6) is 0 Å². The summed E-state index contributed by atoms with van der Waals surface area (Å²) in [5, 5.41) is 5.64. The molecular formula is C19H30N8O2S. The molecule has 10 nitrogen and oxygen atoms in total. The van der Waals surface area contributed by atoms with Crippen LogP contribution in [0.3, 0.4) is 0 Å². The van der Waals surface area contributed by atoms with Gasteiger partial charge in [-0.05, 0) is 34.1 Å². The number of rotatable bonds is 9. The molecule has 0 spiro atoms. The summed E-state index contributed by atoms with van der Waals surface area (Å²) in [6.45, 7) is 4.32. The number of likely N-dealkylation sites (N-methyl/N-ethyl adjacent to an activating group) is 3. The molecule has 0 radical (unpaired) electrons. The zero-order valence-corrected chi connectivity index (χ0v) is 19.2. The third kappa shape index (κ3) is 7.32. The van der Waals surface area contributed by atoms with Crippen LogP contribution in [-0.2, 0) is 11.3 Å². The zero-order valence-electron chi connectivity index (χ0n) is 18.4. The van der Waals surface area contributed by atoms with E-state index in [4.69, 9.17) is 0 Å². The van der Waals surface area contributed by atoms with Crippen LogP contribution >= 0.6 is 11.3 Å². The van der Waals surface area contributed by atoms with E-state index in [1.165, 1.54) is 16.2 Å². The second kappa shape index (κ2) is 11.0. The van der Waals surface area contributed by atoms with E-state index in [0.717, 1.165) is 35.2 Å². The Balaban J connectivity index is 2.02. The quantitative estimate of drug-likeness (QED) is 0.609. The third-order valence-electron chi connectivity index (χ3n) is 4.19. The van der Waals surface area contributed by atoms with Crippen molar-refractivity contribution in [1.82, 2.24) is 35.0 Å². The van der Waals surface area contributed by atoms with Crippen molar-refractivity contribution in [3.8, 4) is 10.6 Å². The Morgan fingerprint density at radius 3 is 2.50 bits per heavy atom. The number of carbonyl (C=O) groups excluding carboxylic acids is 2. The topological polar surface area (TPSA) is 107 Å². The Kier molecular flexibility index (Phi) is 8.63. The molecule has 0 aliphatic rings. The van der Waals surface area contributed by atoms with Crippen LogP contribution in [0, 0.1) is 6.92 Å². The van der Waals surface area contributed by atoms with E-state index in [9.17, 15) is 9.59 Å². The van der Waals surface area contributed by atoms with E-state index in [1.54, 1.807) is 20.3 Å². The maximum absolute atomic E-state index is 12.0. The molecule has 0 aromatic carbocycles. The van der Waals surface area contributed by atoms with Crippen molar-refractivity contribution in [3.63, 3.8) is 0 Å². The molecule has 2 heterocycles. The molecule has 0 saturated heterocycles. The number of anilines is 1. The molecule has 0 unspecified atom stereocenters. The highest BCUT2D eigenvalue weighted by atomic mass is 32.1. The average molecular weight is 435 g/mol. The molecule has 164 valence electrons. The number of hydrogen-bond donors (Lipinski definition) is 2. The van der Waals surface area contributed by atoms with Crippen molar-refractivity contribution in [2.24, 2.45) is 0 Å². The highest BCUT2D eigenvalue weighted by molar-refractivity contribution is 7.19. The van der Waals surface area contributed by atoms with Gasteiger partial charge in [0.2, 0.25) is 5.91 Å². The number of amides is 3. The lowest BCUT2D eigenvalue weighted by Gasteiger charge is -2.18. The van der Waals surface area contributed by atoms with Gasteiger partial charge in [0.15, 0.2) is 5.13 Å². The van der Waals surface area contributed by atoms with Gasteiger partial charge in [-0.3, -0.25) is 15.0 Å². The molecule has 3 amide bonds. The number of nitrogens with one attached hydrogen (secondary N) is 2. The molecule has 2 N–H and O–H groups in total. The fraction of sp³-hybridized carbons (Fsp3) is 0.526. The molecule has 11 heteroatoms. The maximum atomic E-state index is 12.0. The average Bonchev–Trinajstić information content (AvgIpc) is 3.04. The minimum atomic E-state index is -0.476. The largest absolute Gasteiger partial charge is 0.347 e. The number of aryl methyl sites for hydroxylation is 1. The van der Waals surface area contributed by atoms with Crippen LogP contribution in [0.1, 0.15) is 11.5 Å². The fourth-order valence-corrected chi connectivity index (χ4v) is 3.37. The Labute approximate surface area is 181 Å². The number of carbonyl (C=O) groups is 2. The van der Waals surface area contributed by atoms with Crippen molar-refractivity contribution in [3.05, 3.63) is 23.8 Å². The lowest BCUT2D eigenvalue weighted by atomic mass is 10.3. The number of nitrogens with zero attached hydrogens (tertiary/aromatic N) is 6. The molecule has 0 bridgehead atoms. The fourth-order valence-electron chi connectivity index (χ4n) is 2.44. The molecule has 0 aliphatic heterocycles. The standard InChI is InChI=1S/C19H30N8O2S/c1-13-17(30-19(22-13)24-18(29)21-11-16(28)26(4)5)14-7-8-20-15(23-14)12-27(6)10-9-25(2)3/h7-8H,9-12H2,1-6H3,(H2,21,22,24,29). The van der Waals surface area contributed by atoms with Crippen molar-refractivity contribution in [1.29, 1.82) is 0 Å². The van der Waals surface area contributed by atoms with E-state index in [1.807, 2.05) is 34.1 Å². The van der Waals surface area contributed by atoms with Crippen LogP contribution in [0.15, 0.2) is 12.3 Å².